The van der Waals surface area contributed by atoms with Gasteiger partial charge in [0.2, 0.25) is 0 Å². The average Bonchev–Trinajstić information content (AvgIpc) is 2.56. The summed E-state index contributed by atoms with van der Waals surface area (Å²) in [7, 11) is 0. The third-order valence-corrected chi connectivity index (χ3v) is 2.99. The summed E-state index contributed by atoms with van der Waals surface area (Å²) < 4.78 is 0. The Kier molecular flexibility index (Phi) is 3.84. The van der Waals surface area contributed by atoms with Gasteiger partial charge in [0.1, 0.15) is 0 Å². The van der Waals surface area contributed by atoms with E-state index in [0.717, 1.165) is 12.1 Å². The first kappa shape index (κ1) is 11.4. The lowest BCUT2D eigenvalue weighted by molar-refractivity contribution is -0.123. The molecular weight excluding hydrogens is 194 g/mol. The van der Waals surface area contributed by atoms with Crippen molar-refractivity contribution in [2.75, 3.05) is 6.54 Å². The molecule has 1 heterocycles. The number of thiophene rings is 1. The molecule has 1 aromatic rings. The smallest absolute Gasteiger partial charge is 0.156 e. The van der Waals surface area contributed by atoms with E-state index in [0.29, 0.717) is 6.42 Å². The van der Waals surface area contributed by atoms with Gasteiger partial charge in [0.05, 0.1) is 5.54 Å². The Labute approximate surface area is 89.3 Å². The van der Waals surface area contributed by atoms with Crippen LogP contribution in [0.1, 0.15) is 26.3 Å². The number of hydrogen-bond donors (Lipinski definition) is 1. The second kappa shape index (κ2) is 4.71. The Hall–Kier alpha value is -0.670. The van der Waals surface area contributed by atoms with Crippen molar-refractivity contribution in [3.05, 3.63) is 22.4 Å². The Morgan fingerprint density at radius 3 is 2.79 bits per heavy atom. The van der Waals surface area contributed by atoms with E-state index in [9.17, 15) is 4.79 Å². The molecule has 0 fully saturated rings. The maximum absolute atomic E-state index is 11.9. The first-order valence-electron chi connectivity index (χ1n) is 4.85. The molecule has 0 aliphatic rings. The summed E-state index contributed by atoms with van der Waals surface area (Å²) in [6, 6.07) is 2.00. The number of carbonyl (C=O) groups is 1. The Bertz CT molecular complexity index is 290. The molecule has 0 unspecified atom stereocenters. The van der Waals surface area contributed by atoms with E-state index in [-0.39, 0.29) is 5.78 Å². The van der Waals surface area contributed by atoms with Crippen molar-refractivity contribution in [2.24, 2.45) is 0 Å². The summed E-state index contributed by atoms with van der Waals surface area (Å²) in [6.45, 7) is 6.71. The van der Waals surface area contributed by atoms with Crippen LogP contribution in [0.5, 0.6) is 0 Å². The lowest BCUT2D eigenvalue weighted by Crippen LogP contribution is -2.47. The molecule has 1 rings (SSSR count). The minimum Gasteiger partial charge on any atom is -0.306 e. The van der Waals surface area contributed by atoms with Crippen molar-refractivity contribution in [1.29, 1.82) is 0 Å². The van der Waals surface area contributed by atoms with E-state index in [4.69, 9.17) is 0 Å². The van der Waals surface area contributed by atoms with E-state index in [1.165, 1.54) is 0 Å². The fourth-order valence-electron chi connectivity index (χ4n) is 1.34. The number of ketones is 1. The standard InChI is InChI=1S/C11H17NOS/c1-4-12-11(2,3)10(13)7-9-5-6-14-8-9/h5-6,8,12H,4,7H2,1-3H3. The molecule has 0 atom stereocenters. The summed E-state index contributed by atoms with van der Waals surface area (Å²) >= 11 is 1.63. The molecule has 0 aromatic carbocycles. The quantitative estimate of drug-likeness (QED) is 0.809. The van der Waals surface area contributed by atoms with Crippen molar-refractivity contribution < 1.29 is 4.79 Å². The van der Waals surface area contributed by atoms with Gasteiger partial charge in [0.25, 0.3) is 0 Å². The van der Waals surface area contributed by atoms with Crippen LogP contribution in [0.2, 0.25) is 0 Å². The number of Topliss-reactive ketones (excluding diaryl/α,β-unsaturated/α-hetero) is 1. The van der Waals surface area contributed by atoms with E-state index in [1.807, 2.05) is 37.6 Å². The predicted molar refractivity (Wildman–Crippen MR) is 60.8 cm³/mol. The van der Waals surface area contributed by atoms with Crippen LogP contribution in [0.15, 0.2) is 16.8 Å². The molecule has 78 valence electrons. The molecule has 2 nitrogen and oxygen atoms in total. The highest BCUT2D eigenvalue weighted by atomic mass is 32.1. The summed E-state index contributed by atoms with van der Waals surface area (Å²) in [5.74, 6) is 0.248. The van der Waals surface area contributed by atoms with Crippen LogP contribution >= 0.6 is 11.3 Å². The van der Waals surface area contributed by atoms with Crippen molar-refractivity contribution in [1.82, 2.24) is 5.32 Å². The van der Waals surface area contributed by atoms with Gasteiger partial charge in [0, 0.05) is 6.42 Å². The monoisotopic (exact) mass is 211 g/mol. The van der Waals surface area contributed by atoms with Gasteiger partial charge in [-0.15, -0.1) is 0 Å². The highest BCUT2D eigenvalue weighted by Crippen LogP contribution is 2.12. The Morgan fingerprint density at radius 1 is 1.57 bits per heavy atom. The molecule has 0 bridgehead atoms. The van der Waals surface area contributed by atoms with Gasteiger partial charge in [-0.3, -0.25) is 4.79 Å². The maximum Gasteiger partial charge on any atom is 0.156 e. The summed E-state index contributed by atoms with van der Waals surface area (Å²) in [6.07, 6.45) is 0.531. The first-order chi connectivity index (χ1) is 6.56. The highest BCUT2D eigenvalue weighted by Gasteiger charge is 2.25. The predicted octanol–water partition coefficient (Wildman–Crippen LogP) is 2.25. The van der Waals surface area contributed by atoms with E-state index in [1.54, 1.807) is 11.3 Å². The largest absolute Gasteiger partial charge is 0.306 e. The number of rotatable bonds is 5. The molecule has 0 radical (unpaired) electrons. The van der Waals surface area contributed by atoms with Gasteiger partial charge in [-0.1, -0.05) is 6.92 Å². The van der Waals surface area contributed by atoms with Crippen molar-refractivity contribution in [3.63, 3.8) is 0 Å². The molecular formula is C11H17NOS. The average molecular weight is 211 g/mol. The van der Waals surface area contributed by atoms with Gasteiger partial charge in [-0.25, -0.2) is 0 Å². The number of carbonyl (C=O) groups excluding carboxylic acids is 1. The topological polar surface area (TPSA) is 29.1 Å². The molecule has 3 heteroatoms. The molecule has 0 saturated heterocycles. The van der Waals surface area contributed by atoms with Gasteiger partial charge >= 0.3 is 0 Å². The number of likely N-dealkylation sites (N-methyl/N-ethyl adjacent to an activating group) is 1. The third kappa shape index (κ3) is 2.93. The van der Waals surface area contributed by atoms with E-state index < -0.39 is 5.54 Å². The van der Waals surface area contributed by atoms with Gasteiger partial charge in [-0.05, 0) is 42.8 Å². The maximum atomic E-state index is 11.9. The second-order valence-electron chi connectivity index (χ2n) is 3.89. The van der Waals surface area contributed by atoms with E-state index >= 15 is 0 Å². The first-order valence-corrected chi connectivity index (χ1v) is 5.80. The van der Waals surface area contributed by atoms with Crippen LogP contribution in [0.25, 0.3) is 0 Å². The van der Waals surface area contributed by atoms with Gasteiger partial charge in [0.15, 0.2) is 5.78 Å². The fourth-order valence-corrected chi connectivity index (χ4v) is 2.01. The molecule has 1 N–H and O–H groups in total. The summed E-state index contributed by atoms with van der Waals surface area (Å²) in [5.41, 5.74) is 0.711. The fraction of sp³-hybridized carbons (Fsp3) is 0.545. The summed E-state index contributed by atoms with van der Waals surface area (Å²) in [5, 5.41) is 7.22. The highest BCUT2D eigenvalue weighted by molar-refractivity contribution is 7.07. The molecule has 0 amide bonds. The Balaban J connectivity index is 2.57. The van der Waals surface area contributed by atoms with Crippen molar-refractivity contribution in [3.8, 4) is 0 Å². The van der Waals surface area contributed by atoms with E-state index in [2.05, 4.69) is 5.32 Å². The zero-order valence-corrected chi connectivity index (χ0v) is 9.78. The van der Waals surface area contributed by atoms with Gasteiger partial charge in [-0.2, -0.15) is 11.3 Å². The van der Waals surface area contributed by atoms with Crippen LogP contribution < -0.4 is 5.32 Å². The number of nitrogens with one attached hydrogen (secondary N) is 1. The molecule has 0 saturated carbocycles. The van der Waals surface area contributed by atoms with Crippen molar-refractivity contribution in [2.45, 2.75) is 32.7 Å². The lowest BCUT2D eigenvalue weighted by Gasteiger charge is -2.23. The third-order valence-electron chi connectivity index (χ3n) is 2.26. The minimum absolute atomic E-state index is 0.248. The SMILES string of the molecule is CCNC(C)(C)C(=O)Cc1ccsc1. The number of hydrogen-bond acceptors (Lipinski definition) is 3. The zero-order valence-electron chi connectivity index (χ0n) is 8.96. The van der Waals surface area contributed by atoms with Crippen LogP contribution in [-0.2, 0) is 11.2 Å². The molecule has 1 aromatic heterocycles. The second-order valence-corrected chi connectivity index (χ2v) is 4.67. The molecule has 0 aliphatic carbocycles. The minimum atomic E-state index is -0.406. The normalized spacial score (nSPS) is 11.6. The van der Waals surface area contributed by atoms with Crippen molar-refractivity contribution >= 4 is 17.1 Å². The summed E-state index contributed by atoms with van der Waals surface area (Å²) in [4.78, 5) is 11.9. The van der Waals surface area contributed by atoms with Gasteiger partial charge < -0.3 is 5.32 Å². The molecule has 0 aliphatic heterocycles. The Morgan fingerprint density at radius 2 is 2.29 bits per heavy atom. The van der Waals surface area contributed by atoms with Crippen LogP contribution in [0.4, 0.5) is 0 Å². The van der Waals surface area contributed by atoms with Crippen LogP contribution in [0.3, 0.4) is 0 Å². The van der Waals surface area contributed by atoms with Crippen LogP contribution in [0, 0.1) is 0 Å². The molecule has 14 heavy (non-hydrogen) atoms. The molecule has 0 spiro atoms. The van der Waals surface area contributed by atoms with Crippen LogP contribution in [-0.4, -0.2) is 17.9 Å². The lowest BCUT2D eigenvalue weighted by atomic mass is 9.94. The zero-order chi connectivity index (χ0) is 10.6.